The Kier molecular flexibility index (Phi) is 6.29. The van der Waals surface area contributed by atoms with Crippen LogP contribution in [0, 0.1) is 23.2 Å². The van der Waals surface area contributed by atoms with Gasteiger partial charge in [-0.25, -0.2) is 0 Å². The summed E-state index contributed by atoms with van der Waals surface area (Å²) in [4.78, 5) is 14.0. The first-order chi connectivity index (χ1) is 9.60. The molecule has 0 aliphatic carbocycles. The van der Waals surface area contributed by atoms with Gasteiger partial charge in [0.05, 0.1) is 12.5 Å². The molecular formula is C16H18N2O2. The van der Waals surface area contributed by atoms with E-state index in [1.165, 1.54) is 0 Å². The first-order valence-corrected chi connectivity index (χ1v) is 6.48. The average Bonchev–Trinajstić information content (AvgIpc) is 2.45. The molecule has 0 unspecified atom stereocenters. The Morgan fingerprint density at radius 3 is 2.50 bits per heavy atom. The molecule has 0 spiro atoms. The quantitative estimate of drug-likeness (QED) is 0.848. The smallest absolute Gasteiger partial charge is 0.254 e. The van der Waals surface area contributed by atoms with Crippen molar-refractivity contribution in [2.45, 2.75) is 26.3 Å². The highest BCUT2D eigenvalue weighted by Crippen LogP contribution is 2.10. The van der Waals surface area contributed by atoms with Crippen molar-refractivity contribution in [1.29, 1.82) is 5.26 Å². The molecule has 4 nitrogen and oxygen atoms in total. The molecule has 1 amide bonds. The molecule has 0 fully saturated rings. The van der Waals surface area contributed by atoms with Crippen LogP contribution < -0.4 is 0 Å². The van der Waals surface area contributed by atoms with E-state index in [4.69, 9.17) is 10.4 Å². The van der Waals surface area contributed by atoms with Gasteiger partial charge in [-0.05, 0) is 38.1 Å². The molecule has 0 heterocycles. The summed E-state index contributed by atoms with van der Waals surface area (Å²) in [5.74, 6) is 5.25. The van der Waals surface area contributed by atoms with Crippen LogP contribution in [0.3, 0.4) is 0 Å². The average molecular weight is 270 g/mol. The monoisotopic (exact) mass is 270 g/mol. The van der Waals surface area contributed by atoms with Gasteiger partial charge in [-0.3, -0.25) is 4.79 Å². The van der Waals surface area contributed by atoms with Crippen LogP contribution in [0.25, 0.3) is 0 Å². The van der Waals surface area contributed by atoms with E-state index in [-0.39, 0.29) is 18.6 Å². The summed E-state index contributed by atoms with van der Waals surface area (Å²) >= 11 is 0. The first-order valence-electron chi connectivity index (χ1n) is 6.48. The largest absolute Gasteiger partial charge is 0.384 e. The van der Waals surface area contributed by atoms with Gasteiger partial charge in [0.2, 0.25) is 0 Å². The van der Waals surface area contributed by atoms with Gasteiger partial charge < -0.3 is 10.0 Å². The van der Waals surface area contributed by atoms with Crippen LogP contribution in [0.2, 0.25) is 0 Å². The van der Waals surface area contributed by atoms with Gasteiger partial charge in [-0.2, -0.15) is 5.26 Å². The fourth-order valence-electron chi connectivity index (χ4n) is 1.77. The molecule has 104 valence electrons. The zero-order chi connectivity index (χ0) is 15.0. The molecule has 20 heavy (non-hydrogen) atoms. The molecule has 1 rings (SSSR count). The van der Waals surface area contributed by atoms with Gasteiger partial charge in [0.15, 0.2) is 0 Å². The van der Waals surface area contributed by atoms with Gasteiger partial charge in [-0.1, -0.05) is 11.8 Å². The van der Waals surface area contributed by atoms with E-state index < -0.39 is 0 Å². The highest BCUT2D eigenvalue weighted by atomic mass is 16.2. The standard InChI is InChI=1S/C16H18N2O2/c1-13(2)18(11-4-10-17)16(20)15-8-6-14(7-9-15)5-3-12-19/h6-9,13,19H,4,11-12H2,1-2H3. The number of carbonyl (C=O) groups is 1. The van der Waals surface area contributed by atoms with Crippen molar-refractivity contribution < 1.29 is 9.90 Å². The molecule has 4 heteroatoms. The zero-order valence-electron chi connectivity index (χ0n) is 11.8. The fraction of sp³-hybridized carbons (Fsp3) is 0.375. The van der Waals surface area contributed by atoms with E-state index >= 15 is 0 Å². The number of nitrogens with zero attached hydrogens (tertiary/aromatic N) is 2. The predicted octanol–water partition coefficient (Wildman–Crippen LogP) is 1.79. The van der Waals surface area contributed by atoms with Crippen molar-refractivity contribution in [3.05, 3.63) is 35.4 Å². The molecule has 1 aromatic carbocycles. The molecule has 0 saturated heterocycles. The molecule has 0 aromatic heterocycles. The lowest BCUT2D eigenvalue weighted by Crippen LogP contribution is -2.37. The summed E-state index contributed by atoms with van der Waals surface area (Å²) in [6.07, 6.45) is 0.323. The van der Waals surface area contributed by atoms with Crippen molar-refractivity contribution >= 4 is 5.91 Å². The van der Waals surface area contributed by atoms with E-state index in [2.05, 4.69) is 17.9 Å². The van der Waals surface area contributed by atoms with Crippen LogP contribution in [-0.2, 0) is 0 Å². The Balaban J connectivity index is 2.87. The zero-order valence-corrected chi connectivity index (χ0v) is 11.8. The van der Waals surface area contributed by atoms with E-state index in [1.807, 2.05) is 13.8 Å². The second kappa shape index (κ2) is 7.99. The molecule has 0 atom stereocenters. The van der Waals surface area contributed by atoms with Gasteiger partial charge in [-0.15, -0.1) is 0 Å². The number of hydrogen-bond acceptors (Lipinski definition) is 3. The van der Waals surface area contributed by atoms with Crippen molar-refractivity contribution in [3.8, 4) is 17.9 Å². The van der Waals surface area contributed by atoms with Gasteiger partial charge >= 0.3 is 0 Å². The SMILES string of the molecule is CC(C)N(CCC#N)C(=O)c1ccc(C#CCO)cc1. The van der Waals surface area contributed by atoms with Gasteiger partial charge in [0, 0.05) is 23.7 Å². The van der Waals surface area contributed by atoms with Crippen LogP contribution in [0.5, 0.6) is 0 Å². The second-order valence-electron chi connectivity index (χ2n) is 4.54. The van der Waals surface area contributed by atoms with E-state index in [1.54, 1.807) is 29.2 Å². The minimum Gasteiger partial charge on any atom is -0.384 e. The highest BCUT2D eigenvalue weighted by molar-refractivity contribution is 5.94. The number of carbonyl (C=O) groups excluding carboxylic acids is 1. The maximum absolute atomic E-state index is 12.4. The Morgan fingerprint density at radius 1 is 1.35 bits per heavy atom. The van der Waals surface area contributed by atoms with Crippen molar-refractivity contribution in [1.82, 2.24) is 4.90 Å². The highest BCUT2D eigenvalue weighted by Gasteiger charge is 2.17. The number of nitriles is 1. The molecule has 1 aromatic rings. The second-order valence-corrected chi connectivity index (χ2v) is 4.54. The summed E-state index contributed by atoms with van der Waals surface area (Å²) in [6, 6.07) is 9.03. The number of hydrogen-bond donors (Lipinski definition) is 1. The van der Waals surface area contributed by atoms with E-state index in [9.17, 15) is 4.79 Å². The molecule has 0 aliphatic rings. The third-order valence-electron chi connectivity index (χ3n) is 2.79. The molecule has 0 bridgehead atoms. The number of benzene rings is 1. The van der Waals surface area contributed by atoms with Crippen LogP contribution in [-0.4, -0.2) is 35.1 Å². The summed E-state index contributed by atoms with van der Waals surface area (Å²) in [6.45, 7) is 4.10. The van der Waals surface area contributed by atoms with Gasteiger partial charge in [0.1, 0.15) is 6.61 Å². The minimum atomic E-state index is -0.185. The third-order valence-corrected chi connectivity index (χ3v) is 2.79. The molecule has 0 radical (unpaired) electrons. The van der Waals surface area contributed by atoms with E-state index in [0.717, 1.165) is 5.56 Å². The Bertz CT molecular complexity index is 545. The van der Waals surface area contributed by atoms with Gasteiger partial charge in [0.25, 0.3) is 5.91 Å². The van der Waals surface area contributed by atoms with Crippen molar-refractivity contribution in [2.75, 3.05) is 13.2 Å². The first kappa shape index (κ1) is 15.8. The molecule has 1 N–H and O–H groups in total. The third kappa shape index (κ3) is 4.42. The van der Waals surface area contributed by atoms with Crippen LogP contribution >= 0.6 is 0 Å². The Hall–Kier alpha value is -2.30. The minimum absolute atomic E-state index is 0.0460. The Morgan fingerprint density at radius 2 is 2.00 bits per heavy atom. The summed E-state index contributed by atoms with van der Waals surface area (Å²) in [5.41, 5.74) is 1.33. The topological polar surface area (TPSA) is 64.3 Å². The van der Waals surface area contributed by atoms with Crippen molar-refractivity contribution in [2.24, 2.45) is 0 Å². The maximum Gasteiger partial charge on any atom is 0.254 e. The van der Waals surface area contributed by atoms with E-state index in [0.29, 0.717) is 18.5 Å². The summed E-state index contributed by atoms with van der Waals surface area (Å²) in [7, 11) is 0. The predicted molar refractivity (Wildman–Crippen MR) is 76.8 cm³/mol. The van der Waals surface area contributed by atoms with Crippen molar-refractivity contribution in [3.63, 3.8) is 0 Å². The lowest BCUT2D eigenvalue weighted by Gasteiger charge is -2.25. The number of amides is 1. The normalized spacial score (nSPS) is 9.55. The van der Waals surface area contributed by atoms with Crippen LogP contribution in [0.1, 0.15) is 36.2 Å². The fourth-order valence-corrected chi connectivity index (χ4v) is 1.77. The Labute approximate surface area is 119 Å². The number of aliphatic hydroxyl groups is 1. The number of rotatable bonds is 4. The lowest BCUT2D eigenvalue weighted by atomic mass is 10.1. The lowest BCUT2D eigenvalue weighted by molar-refractivity contribution is 0.0710. The summed E-state index contributed by atoms with van der Waals surface area (Å²) < 4.78 is 0. The molecular weight excluding hydrogens is 252 g/mol. The molecule has 0 aliphatic heterocycles. The number of aliphatic hydroxyl groups excluding tert-OH is 1. The molecule has 0 saturated carbocycles. The summed E-state index contributed by atoms with van der Waals surface area (Å²) in [5, 5.41) is 17.3. The maximum atomic E-state index is 12.4. The van der Waals surface area contributed by atoms with Crippen LogP contribution in [0.4, 0.5) is 0 Å². The van der Waals surface area contributed by atoms with Crippen LogP contribution in [0.15, 0.2) is 24.3 Å².